The molecule has 0 spiro atoms. The van der Waals surface area contributed by atoms with Gasteiger partial charge in [-0.3, -0.25) is 4.79 Å². The first kappa shape index (κ1) is 14.9. The molecule has 1 nitrogen and oxygen atoms in total. The Morgan fingerprint density at radius 1 is 1.00 bits per heavy atom. The highest BCUT2D eigenvalue weighted by Crippen LogP contribution is 2.22. The number of hydrogen-bond acceptors (Lipinski definition) is 1. The van der Waals surface area contributed by atoms with Crippen molar-refractivity contribution in [2.45, 2.75) is 12.8 Å². The van der Waals surface area contributed by atoms with Gasteiger partial charge in [-0.1, -0.05) is 41.4 Å². The van der Waals surface area contributed by atoms with E-state index < -0.39 is 11.6 Å². The quantitative estimate of drug-likeness (QED) is 0.804. The lowest BCUT2D eigenvalue weighted by atomic mass is 10.0. The molecule has 0 unspecified atom stereocenters. The van der Waals surface area contributed by atoms with Crippen LogP contribution in [-0.4, -0.2) is 5.78 Å². The predicted molar refractivity (Wildman–Crippen MR) is 75.2 cm³/mol. The number of carbonyl (C=O) groups excluding carboxylic acids is 1. The average Bonchev–Trinajstić information content (AvgIpc) is 2.38. The monoisotopic (exact) mass is 314 g/mol. The summed E-state index contributed by atoms with van der Waals surface area (Å²) in [6, 6.07) is 8.58. The van der Waals surface area contributed by atoms with Crippen LogP contribution in [0, 0.1) is 11.6 Å². The molecule has 20 heavy (non-hydrogen) atoms. The minimum absolute atomic E-state index is 0.0417. The fourth-order valence-electron chi connectivity index (χ4n) is 1.84. The van der Waals surface area contributed by atoms with E-state index in [1.54, 1.807) is 12.1 Å². The largest absolute Gasteiger partial charge is 0.299 e. The van der Waals surface area contributed by atoms with Crippen molar-refractivity contribution in [3.05, 3.63) is 69.2 Å². The zero-order chi connectivity index (χ0) is 14.7. The van der Waals surface area contributed by atoms with E-state index in [1.807, 2.05) is 0 Å². The van der Waals surface area contributed by atoms with Crippen LogP contribution in [0.5, 0.6) is 0 Å². The van der Waals surface area contributed by atoms with Crippen molar-refractivity contribution in [2.75, 3.05) is 0 Å². The molecule has 0 aliphatic heterocycles. The lowest BCUT2D eigenvalue weighted by Crippen LogP contribution is -2.09. The number of rotatable bonds is 4. The summed E-state index contributed by atoms with van der Waals surface area (Å²) >= 11 is 11.7. The Kier molecular flexibility index (Phi) is 4.73. The van der Waals surface area contributed by atoms with Crippen molar-refractivity contribution in [1.29, 1.82) is 0 Å². The van der Waals surface area contributed by atoms with Crippen LogP contribution in [0.1, 0.15) is 11.1 Å². The van der Waals surface area contributed by atoms with Gasteiger partial charge in [-0.15, -0.1) is 0 Å². The Hall–Kier alpha value is -1.45. The van der Waals surface area contributed by atoms with E-state index in [2.05, 4.69) is 0 Å². The van der Waals surface area contributed by atoms with E-state index in [-0.39, 0.29) is 24.2 Å². The molecule has 0 radical (unpaired) electrons. The third kappa shape index (κ3) is 3.56. The van der Waals surface area contributed by atoms with Gasteiger partial charge < -0.3 is 0 Å². The summed E-state index contributed by atoms with van der Waals surface area (Å²) in [6.45, 7) is 0. The summed E-state index contributed by atoms with van der Waals surface area (Å²) in [5, 5.41) is 0.855. The van der Waals surface area contributed by atoms with E-state index in [0.29, 0.717) is 15.6 Å². The van der Waals surface area contributed by atoms with Gasteiger partial charge in [0.2, 0.25) is 0 Å². The van der Waals surface area contributed by atoms with Gasteiger partial charge in [0.15, 0.2) is 11.6 Å². The zero-order valence-electron chi connectivity index (χ0n) is 10.3. The van der Waals surface area contributed by atoms with Crippen LogP contribution in [0.4, 0.5) is 8.78 Å². The molecule has 0 heterocycles. The maximum absolute atomic E-state index is 13.5. The highest BCUT2D eigenvalue weighted by molar-refractivity contribution is 6.35. The third-order valence-electron chi connectivity index (χ3n) is 2.82. The van der Waals surface area contributed by atoms with Crippen molar-refractivity contribution in [3.8, 4) is 0 Å². The molecule has 2 aromatic rings. The number of carbonyl (C=O) groups is 1. The van der Waals surface area contributed by atoms with Crippen molar-refractivity contribution in [1.82, 2.24) is 0 Å². The van der Waals surface area contributed by atoms with Gasteiger partial charge in [0.25, 0.3) is 0 Å². The lowest BCUT2D eigenvalue weighted by molar-refractivity contribution is -0.117. The molecule has 0 amide bonds. The first-order valence-electron chi connectivity index (χ1n) is 5.86. The number of benzene rings is 2. The number of halogens is 4. The van der Waals surface area contributed by atoms with E-state index >= 15 is 0 Å². The Morgan fingerprint density at radius 3 is 2.40 bits per heavy atom. The van der Waals surface area contributed by atoms with Gasteiger partial charge in [0.05, 0.1) is 0 Å². The van der Waals surface area contributed by atoms with Crippen molar-refractivity contribution in [2.24, 2.45) is 0 Å². The SMILES string of the molecule is O=C(Cc1ccc(Cl)cc1Cl)Cc1cccc(F)c1F. The van der Waals surface area contributed by atoms with Gasteiger partial charge in [0.1, 0.15) is 5.78 Å². The summed E-state index contributed by atoms with van der Waals surface area (Å²) in [6.07, 6.45) is -0.130. The van der Waals surface area contributed by atoms with Gasteiger partial charge in [-0.25, -0.2) is 8.78 Å². The van der Waals surface area contributed by atoms with Crippen molar-refractivity contribution >= 4 is 29.0 Å². The highest BCUT2D eigenvalue weighted by Gasteiger charge is 2.13. The van der Waals surface area contributed by atoms with Crippen LogP contribution in [0.2, 0.25) is 10.0 Å². The molecular formula is C15H10Cl2F2O. The summed E-state index contributed by atoms with van der Waals surface area (Å²) in [5.74, 6) is -2.19. The molecule has 0 fully saturated rings. The van der Waals surface area contributed by atoms with Crippen LogP contribution < -0.4 is 0 Å². The number of hydrogen-bond donors (Lipinski definition) is 0. The van der Waals surface area contributed by atoms with E-state index in [1.165, 1.54) is 18.2 Å². The molecular weight excluding hydrogens is 305 g/mol. The predicted octanol–water partition coefficient (Wildman–Crippen LogP) is 4.63. The maximum atomic E-state index is 13.5. The molecule has 0 bridgehead atoms. The third-order valence-corrected chi connectivity index (χ3v) is 3.41. The summed E-state index contributed by atoms with van der Waals surface area (Å²) in [5.41, 5.74) is 0.651. The molecule has 0 aliphatic rings. The molecule has 0 atom stereocenters. The normalized spacial score (nSPS) is 10.6. The Morgan fingerprint density at radius 2 is 1.70 bits per heavy atom. The van der Waals surface area contributed by atoms with Gasteiger partial charge in [-0.2, -0.15) is 0 Å². The van der Waals surface area contributed by atoms with E-state index in [9.17, 15) is 13.6 Å². The second kappa shape index (κ2) is 6.33. The fraction of sp³-hybridized carbons (Fsp3) is 0.133. The first-order valence-corrected chi connectivity index (χ1v) is 6.61. The Bertz CT molecular complexity index is 656. The molecule has 2 rings (SSSR count). The molecule has 2 aromatic carbocycles. The fourth-order valence-corrected chi connectivity index (χ4v) is 2.31. The molecule has 5 heteroatoms. The zero-order valence-corrected chi connectivity index (χ0v) is 11.8. The molecule has 0 aliphatic carbocycles. The van der Waals surface area contributed by atoms with Crippen LogP contribution in [0.25, 0.3) is 0 Å². The van der Waals surface area contributed by atoms with Crippen LogP contribution >= 0.6 is 23.2 Å². The summed E-state index contributed by atoms with van der Waals surface area (Å²) < 4.78 is 26.5. The number of ketones is 1. The van der Waals surface area contributed by atoms with E-state index in [0.717, 1.165) is 6.07 Å². The van der Waals surface area contributed by atoms with Gasteiger partial charge in [0, 0.05) is 22.9 Å². The minimum Gasteiger partial charge on any atom is -0.299 e. The molecule has 0 N–H and O–H groups in total. The smallest absolute Gasteiger partial charge is 0.162 e. The average molecular weight is 315 g/mol. The lowest BCUT2D eigenvalue weighted by Gasteiger charge is -2.06. The Labute approximate surface area is 125 Å². The molecule has 0 saturated carbocycles. The van der Waals surface area contributed by atoms with Crippen LogP contribution in [-0.2, 0) is 17.6 Å². The maximum Gasteiger partial charge on any atom is 0.162 e. The van der Waals surface area contributed by atoms with Gasteiger partial charge in [-0.05, 0) is 29.3 Å². The van der Waals surface area contributed by atoms with E-state index in [4.69, 9.17) is 23.2 Å². The summed E-state index contributed by atoms with van der Waals surface area (Å²) in [4.78, 5) is 11.9. The highest BCUT2D eigenvalue weighted by atomic mass is 35.5. The van der Waals surface area contributed by atoms with Crippen LogP contribution in [0.3, 0.4) is 0 Å². The minimum atomic E-state index is -0.983. The molecule has 0 saturated heterocycles. The van der Waals surface area contributed by atoms with Gasteiger partial charge >= 0.3 is 0 Å². The second-order valence-corrected chi connectivity index (χ2v) is 5.18. The van der Waals surface area contributed by atoms with Crippen molar-refractivity contribution in [3.63, 3.8) is 0 Å². The van der Waals surface area contributed by atoms with Crippen LogP contribution in [0.15, 0.2) is 36.4 Å². The first-order chi connectivity index (χ1) is 9.47. The number of Topliss-reactive ketones (excluding diaryl/α,β-unsaturated/α-hetero) is 1. The standard InChI is InChI=1S/C15H10Cl2F2O/c16-11-5-4-9(13(17)8-11)6-12(20)7-10-2-1-3-14(18)15(10)19/h1-5,8H,6-7H2. The molecule has 104 valence electrons. The summed E-state index contributed by atoms with van der Waals surface area (Å²) in [7, 11) is 0. The second-order valence-electron chi connectivity index (χ2n) is 4.34. The topological polar surface area (TPSA) is 17.1 Å². The van der Waals surface area contributed by atoms with Crippen molar-refractivity contribution < 1.29 is 13.6 Å². The Balaban J connectivity index is 2.11. The molecule has 0 aromatic heterocycles.